The van der Waals surface area contributed by atoms with E-state index in [2.05, 4.69) is 9.97 Å². The number of nitrogens with one attached hydrogen (secondary N) is 1. The number of carbonyl (C=O) groups is 2. The number of amides is 1. The summed E-state index contributed by atoms with van der Waals surface area (Å²) >= 11 is 0. The minimum absolute atomic E-state index is 0.152. The number of hydrogen-bond acceptors (Lipinski definition) is 3. The fraction of sp³-hybridized carbons (Fsp3) is 0. The van der Waals surface area contributed by atoms with Crippen LogP contribution in [-0.4, -0.2) is 21.7 Å². The third-order valence-electron chi connectivity index (χ3n) is 3.36. The van der Waals surface area contributed by atoms with Crippen LogP contribution < -0.4 is 5.73 Å². The lowest BCUT2D eigenvalue weighted by molar-refractivity contribution is 0.0998. The van der Waals surface area contributed by atoms with Crippen molar-refractivity contribution in [2.75, 3.05) is 0 Å². The van der Waals surface area contributed by atoms with Crippen LogP contribution in [0.3, 0.4) is 0 Å². The molecule has 5 nitrogen and oxygen atoms in total. The predicted molar refractivity (Wildman–Crippen MR) is 82.4 cm³/mol. The molecule has 108 valence electrons. The van der Waals surface area contributed by atoms with Crippen molar-refractivity contribution in [2.45, 2.75) is 0 Å². The maximum Gasteiger partial charge on any atom is 0.248 e. The van der Waals surface area contributed by atoms with Gasteiger partial charge >= 0.3 is 0 Å². The molecule has 0 aliphatic heterocycles. The first-order valence-electron chi connectivity index (χ1n) is 6.69. The van der Waals surface area contributed by atoms with Crippen molar-refractivity contribution in [1.29, 1.82) is 0 Å². The van der Waals surface area contributed by atoms with Crippen molar-refractivity contribution in [3.05, 3.63) is 77.9 Å². The van der Waals surface area contributed by atoms with Crippen LogP contribution in [0.1, 0.15) is 26.5 Å². The zero-order chi connectivity index (χ0) is 15.5. The second-order valence-electron chi connectivity index (χ2n) is 4.79. The van der Waals surface area contributed by atoms with E-state index in [1.165, 1.54) is 0 Å². The van der Waals surface area contributed by atoms with Gasteiger partial charge in [-0.3, -0.25) is 9.59 Å². The SMILES string of the molecule is NC(=O)c1ccc(-c2ccc(C(=O)c3ncc[nH]3)cc2)cc1. The second kappa shape index (κ2) is 5.65. The lowest BCUT2D eigenvalue weighted by Crippen LogP contribution is -2.10. The third kappa shape index (κ3) is 2.64. The number of imidazole rings is 1. The van der Waals surface area contributed by atoms with Gasteiger partial charge in [-0.15, -0.1) is 0 Å². The molecule has 22 heavy (non-hydrogen) atoms. The molecule has 0 aliphatic rings. The zero-order valence-electron chi connectivity index (χ0n) is 11.6. The first-order chi connectivity index (χ1) is 10.6. The van der Waals surface area contributed by atoms with Crippen LogP contribution in [0.15, 0.2) is 60.9 Å². The number of hydrogen-bond donors (Lipinski definition) is 2. The van der Waals surface area contributed by atoms with Crippen LogP contribution in [-0.2, 0) is 0 Å². The highest BCUT2D eigenvalue weighted by Gasteiger charge is 2.11. The molecule has 3 aromatic rings. The van der Waals surface area contributed by atoms with E-state index in [9.17, 15) is 9.59 Å². The van der Waals surface area contributed by atoms with Gasteiger partial charge in [-0.2, -0.15) is 0 Å². The first-order valence-corrected chi connectivity index (χ1v) is 6.69. The maximum absolute atomic E-state index is 12.1. The third-order valence-corrected chi connectivity index (χ3v) is 3.36. The summed E-state index contributed by atoms with van der Waals surface area (Å²) in [5.41, 5.74) is 8.14. The van der Waals surface area contributed by atoms with Crippen molar-refractivity contribution >= 4 is 11.7 Å². The molecule has 0 fully saturated rings. The minimum Gasteiger partial charge on any atom is -0.366 e. The summed E-state index contributed by atoms with van der Waals surface area (Å²) in [7, 11) is 0. The van der Waals surface area contributed by atoms with Crippen molar-refractivity contribution in [3.8, 4) is 11.1 Å². The van der Waals surface area contributed by atoms with E-state index in [1.54, 1.807) is 36.7 Å². The van der Waals surface area contributed by atoms with Gasteiger partial charge in [-0.25, -0.2) is 4.98 Å². The average molecular weight is 291 g/mol. The van der Waals surface area contributed by atoms with Crippen LogP contribution in [0.5, 0.6) is 0 Å². The molecule has 0 spiro atoms. The summed E-state index contributed by atoms with van der Waals surface area (Å²) in [4.78, 5) is 29.9. The van der Waals surface area contributed by atoms with Gasteiger partial charge in [0.2, 0.25) is 11.7 Å². The Balaban J connectivity index is 1.85. The standard InChI is InChI=1S/C17H13N3O2/c18-16(22)14-7-3-12(4-8-14)11-1-5-13(6-2-11)15(21)17-19-9-10-20-17/h1-10H,(H2,18,22)(H,19,20). The highest BCUT2D eigenvalue weighted by Crippen LogP contribution is 2.21. The molecular formula is C17H13N3O2. The molecule has 2 aromatic carbocycles. The normalized spacial score (nSPS) is 10.4. The Bertz CT molecular complexity index is 804. The topological polar surface area (TPSA) is 88.8 Å². The highest BCUT2D eigenvalue weighted by molar-refractivity contribution is 6.06. The van der Waals surface area contributed by atoms with Crippen molar-refractivity contribution in [3.63, 3.8) is 0 Å². The molecule has 0 radical (unpaired) electrons. The number of benzene rings is 2. The van der Waals surface area contributed by atoms with Crippen LogP contribution in [0, 0.1) is 0 Å². The van der Waals surface area contributed by atoms with E-state index < -0.39 is 5.91 Å². The number of primary amides is 1. The average Bonchev–Trinajstić information content (AvgIpc) is 3.09. The lowest BCUT2D eigenvalue weighted by Gasteiger charge is -2.04. The molecule has 1 heterocycles. The van der Waals surface area contributed by atoms with Gasteiger partial charge in [0.05, 0.1) is 0 Å². The molecule has 3 N–H and O–H groups in total. The number of carbonyl (C=O) groups excluding carboxylic acids is 2. The molecule has 0 saturated carbocycles. The van der Waals surface area contributed by atoms with Gasteiger partial charge in [0, 0.05) is 23.5 Å². The molecule has 0 bridgehead atoms. The zero-order valence-corrected chi connectivity index (χ0v) is 11.6. The van der Waals surface area contributed by atoms with Crippen molar-refractivity contribution < 1.29 is 9.59 Å². The molecule has 0 atom stereocenters. The summed E-state index contributed by atoms with van der Waals surface area (Å²) in [6, 6.07) is 14.2. The second-order valence-corrected chi connectivity index (χ2v) is 4.79. The van der Waals surface area contributed by atoms with E-state index in [-0.39, 0.29) is 5.78 Å². The summed E-state index contributed by atoms with van der Waals surface area (Å²) in [5.74, 6) is -0.287. The number of ketones is 1. The molecule has 5 heteroatoms. The Hall–Kier alpha value is -3.21. The summed E-state index contributed by atoms with van der Waals surface area (Å²) in [6.07, 6.45) is 3.16. The summed E-state index contributed by atoms with van der Waals surface area (Å²) in [5, 5.41) is 0. The smallest absolute Gasteiger partial charge is 0.248 e. The Morgan fingerprint density at radius 1 is 0.864 bits per heavy atom. The predicted octanol–water partition coefficient (Wildman–Crippen LogP) is 2.41. The summed E-state index contributed by atoms with van der Waals surface area (Å²) in [6.45, 7) is 0. The van der Waals surface area contributed by atoms with Crippen LogP contribution in [0.25, 0.3) is 11.1 Å². The van der Waals surface area contributed by atoms with Gasteiger partial charge in [-0.05, 0) is 23.3 Å². The quantitative estimate of drug-likeness (QED) is 0.723. The largest absolute Gasteiger partial charge is 0.366 e. The van der Waals surface area contributed by atoms with Crippen LogP contribution >= 0.6 is 0 Å². The molecular weight excluding hydrogens is 278 g/mol. The number of aromatic nitrogens is 2. The number of rotatable bonds is 4. The lowest BCUT2D eigenvalue weighted by atomic mass is 10.0. The van der Waals surface area contributed by atoms with Crippen LogP contribution in [0.4, 0.5) is 0 Å². The van der Waals surface area contributed by atoms with Crippen molar-refractivity contribution in [2.24, 2.45) is 5.73 Å². The Morgan fingerprint density at radius 3 is 1.86 bits per heavy atom. The molecule has 0 unspecified atom stereocenters. The Morgan fingerprint density at radius 2 is 1.41 bits per heavy atom. The van der Waals surface area contributed by atoms with Gasteiger partial charge in [0.1, 0.15) is 0 Å². The maximum atomic E-state index is 12.1. The van der Waals surface area contributed by atoms with Crippen molar-refractivity contribution in [1.82, 2.24) is 9.97 Å². The fourth-order valence-electron chi connectivity index (χ4n) is 2.17. The van der Waals surface area contributed by atoms with Gasteiger partial charge < -0.3 is 10.7 Å². The van der Waals surface area contributed by atoms with Gasteiger partial charge in [-0.1, -0.05) is 36.4 Å². The number of nitrogens with two attached hydrogens (primary N) is 1. The van der Waals surface area contributed by atoms with Gasteiger partial charge in [0.25, 0.3) is 0 Å². The van der Waals surface area contributed by atoms with E-state index in [0.717, 1.165) is 11.1 Å². The molecule has 3 rings (SSSR count). The Labute approximate surface area is 126 Å². The monoisotopic (exact) mass is 291 g/mol. The highest BCUT2D eigenvalue weighted by atomic mass is 16.1. The number of H-pyrrole nitrogens is 1. The van der Waals surface area contributed by atoms with Crippen LogP contribution in [0.2, 0.25) is 0 Å². The number of aromatic amines is 1. The van der Waals surface area contributed by atoms with E-state index in [4.69, 9.17) is 5.73 Å². The Kier molecular flexibility index (Phi) is 3.53. The molecule has 0 aliphatic carbocycles. The summed E-state index contributed by atoms with van der Waals surface area (Å²) < 4.78 is 0. The van der Waals surface area contributed by atoms with E-state index in [0.29, 0.717) is 17.0 Å². The minimum atomic E-state index is -0.453. The van der Waals surface area contributed by atoms with Gasteiger partial charge in [0.15, 0.2) is 5.82 Å². The van der Waals surface area contributed by atoms with E-state index >= 15 is 0 Å². The fourth-order valence-corrected chi connectivity index (χ4v) is 2.17. The number of nitrogens with zero attached hydrogens (tertiary/aromatic N) is 1. The van der Waals surface area contributed by atoms with E-state index in [1.807, 2.05) is 24.3 Å². The molecule has 0 saturated heterocycles. The molecule has 1 amide bonds. The molecule has 1 aromatic heterocycles. The first kappa shape index (κ1) is 13.8.